The Morgan fingerprint density at radius 1 is 1.32 bits per heavy atom. The minimum atomic E-state index is -0.0615. The number of rotatable bonds is 5. The standard InChI is InChI=1S/C16H23Cl2N3O/c1-21(12-4-3-9-19-10-7-12)11-8-15(22)20-16-13(17)5-2-6-14(16)18/h2,5-6,12,19H,3-4,7-11H2,1H3,(H,20,22). The molecule has 1 unspecified atom stereocenters. The molecule has 4 nitrogen and oxygen atoms in total. The highest BCUT2D eigenvalue weighted by Crippen LogP contribution is 2.29. The van der Waals surface area contributed by atoms with Gasteiger partial charge in [0.2, 0.25) is 5.91 Å². The molecular formula is C16H23Cl2N3O. The van der Waals surface area contributed by atoms with Crippen LogP contribution in [0.15, 0.2) is 18.2 Å². The van der Waals surface area contributed by atoms with E-state index in [1.54, 1.807) is 18.2 Å². The van der Waals surface area contributed by atoms with Crippen LogP contribution in [0.25, 0.3) is 0 Å². The van der Waals surface area contributed by atoms with Gasteiger partial charge in [0.1, 0.15) is 0 Å². The Kier molecular flexibility index (Phi) is 6.96. The molecule has 0 aromatic heterocycles. The molecule has 1 aromatic rings. The predicted molar refractivity (Wildman–Crippen MR) is 92.8 cm³/mol. The zero-order valence-electron chi connectivity index (χ0n) is 12.9. The van der Waals surface area contributed by atoms with Gasteiger partial charge in [-0.1, -0.05) is 29.3 Å². The number of hydrogen-bond donors (Lipinski definition) is 2. The zero-order valence-corrected chi connectivity index (χ0v) is 14.4. The monoisotopic (exact) mass is 343 g/mol. The molecule has 2 N–H and O–H groups in total. The molecule has 0 aliphatic carbocycles. The van der Waals surface area contributed by atoms with Gasteiger partial charge in [-0.2, -0.15) is 0 Å². The summed E-state index contributed by atoms with van der Waals surface area (Å²) in [5.74, 6) is -0.0615. The Labute approximate surface area is 142 Å². The molecule has 1 amide bonds. The van der Waals surface area contributed by atoms with E-state index in [-0.39, 0.29) is 5.91 Å². The minimum Gasteiger partial charge on any atom is -0.324 e. The fourth-order valence-corrected chi connectivity index (χ4v) is 3.21. The summed E-state index contributed by atoms with van der Waals surface area (Å²) >= 11 is 12.1. The first-order chi connectivity index (χ1) is 10.6. The Morgan fingerprint density at radius 3 is 2.77 bits per heavy atom. The lowest BCUT2D eigenvalue weighted by Crippen LogP contribution is -2.34. The summed E-state index contributed by atoms with van der Waals surface area (Å²) in [6, 6.07) is 5.74. The first-order valence-electron chi connectivity index (χ1n) is 7.72. The van der Waals surface area contributed by atoms with Crippen molar-refractivity contribution in [3.05, 3.63) is 28.2 Å². The molecule has 0 bridgehead atoms. The van der Waals surface area contributed by atoms with Crippen LogP contribution in [0.3, 0.4) is 0 Å². The first-order valence-corrected chi connectivity index (χ1v) is 8.48. The second-order valence-electron chi connectivity index (χ2n) is 5.71. The van der Waals surface area contributed by atoms with E-state index in [9.17, 15) is 4.79 Å². The van der Waals surface area contributed by atoms with E-state index in [0.717, 1.165) is 26.1 Å². The van der Waals surface area contributed by atoms with Gasteiger partial charge in [-0.15, -0.1) is 0 Å². The maximum atomic E-state index is 12.1. The van der Waals surface area contributed by atoms with Crippen LogP contribution in [-0.4, -0.2) is 43.5 Å². The van der Waals surface area contributed by atoms with Crippen molar-refractivity contribution < 1.29 is 4.79 Å². The van der Waals surface area contributed by atoms with Crippen LogP contribution >= 0.6 is 23.2 Å². The molecule has 1 aromatic carbocycles. The number of carbonyl (C=O) groups is 1. The molecule has 0 spiro atoms. The first kappa shape index (κ1) is 17.5. The second-order valence-corrected chi connectivity index (χ2v) is 6.52. The molecule has 6 heteroatoms. The molecule has 1 saturated heterocycles. The molecule has 0 saturated carbocycles. The summed E-state index contributed by atoms with van der Waals surface area (Å²) in [5.41, 5.74) is 0.497. The van der Waals surface area contributed by atoms with E-state index < -0.39 is 0 Å². The number of benzene rings is 1. The molecule has 2 rings (SSSR count). The molecule has 1 heterocycles. The lowest BCUT2D eigenvalue weighted by molar-refractivity contribution is -0.116. The quantitative estimate of drug-likeness (QED) is 0.861. The van der Waals surface area contributed by atoms with E-state index in [4.69, 9.17) is 23.2 Å². The van der Waals surface area contributed by atoms with Gasteiger partial charge in [0.05, 0.1) is 15.7 Å². The van der Waals surface area contributed by atoms with E-state index >= 15 is 0 Å². The Hall–Kier alpha value is -0.810. The summed E-state index contributed by atoms with van der Waals surface area (Å²) in [4.78, 5) is 14.4. The van der Waals surface area contributed by atoms with Crippen LogP contribution in [0.2, 0.25) is 10.0 Å². The van der Waals surface area contributed by atoms with Crippen LogP contribution in [0.4, 0.5) is 5.69 Å². The van der Waals surface area contributed by atoms with Crippen molar-refractivity contribution in [1.29, 1.82) is 0 Å². The van der Waals surface area contributed by atoms with Gasteiger partial charge in [0.25, 0.3) is 0 Å². The van der Waals surface area contributed by atoms with E-state index in [2.05, 4.69) is 22.6 Å². The van der Waals surface area contributed by atoms with Crippen LogP contribution in [0, 0.1) is 0 Å². The Bertz CT molecular complexity index is 482. The molecular weight excluding hydrogens is 321 g/mol. The smallest absolute Gasteiger partial charge is 0.225 e. The summed E-state index contributed by atoms with van der Waals surface area (Å²) in [5, 5.41) is 7.14. The molecule has 1 fully saturated rings. The van der Waals surface area contributed by atoms with E-state index in [1.165, 1.54) is 12.8 Å². The summed E-state index contributed by atoms with van der Waals surface area (Å²) < 4.78 is 0. The fourth-order valence-electron chi connectivity index (χ4n) is 2.72. The van der Waals surface area contributed by atoms with Gasteiger partial charge < -0.3 is 15.5 Å². The molecule has 122 valence electrons. The van der Waals surface area contributed by atoms with Gasteiger partial charge in [-0.25, -0.2) is 0 Å². The van der Waals surface area contributed by atoms with Crippen LogP contribution in [-0.2, 0) is 4.79 Å². The third kappa shape index (κ3) is 5.13. The van der Waals surface area contributed by atoms with Gasteiger partial charge in [0.15, 0.2) is 0 Å². The number of amides is 1. The van der Waals surface area contributed by atoms with E-state index in [0.29, 0.717) is 28.2 Å². The lowest BCUT2D eigenvalue weighted by Gasteiger charge is -2.26. The number of halogens is 2. The Balaban J connectivity index is 1.82. The van der Waals surface area contributed by atoms with Crippen LogP contribution in [0.1, 0.15) is 25.7 Å². The number of anilines is 1. The number of nitrogens with zero attached hydrogens (tertiary/aromatic N) is 1. The second kappa shape index (κ2) is 8.73. The third-order valence-electron chi connectivity index (χ3n) is 4.09. The van der Waals surface area contributed by atoms with Crippen molar-refractivity contribution in [3.8, 4) is 0 Å². The average molecular weight is 344 g/mol. The van der Waals surface area contributed by atoms with Crippen molar-refractivity contribution >= 4 is 34.8 Å². The topological polar surface area (TPSA) is 44.4 Å². The summed E-state index contributed by atoms with van der Waals surface area (Å²) in [7, 11) is 2.09. The fraction of sp³-hybridized carbons (Fsp3) is 0.562. The predicted octanol–water partition coefficient (Wildman–Crippen LogP) is 3.40. The van der Waals surface area contributed by atoms with Crippen LogP contribution in [0.5, 0.6) is 0 Å². The van der Waals surface area contributed by atoms with Crippen molar-refractivity contribution in [2.75, 3.05) is 32.0 Å². The molecule has 1 aliphatic heterocycles. The average Bonchev–Trinajstić information content (AvgIpc) is 2.78. The van der Waals surface area contributed by atoms with Crippen molar-refractivity contribution in [2.24, 2.45) is 0 Å². The summed E-state index contributed by atoms with van der Waals surface area (Å²) in [6.07, 6.45) is 3.94. The number of hydrogen-bond acceptors (Lipinski definition) is 3. The van der Waals surface area contributed by atoms with Crippen LogP contribution < -0.4 is 10.6 Å². The maximum absolute atomic E-state index is 12.1. The van der Waals surface area contributed by atoms with Gasteiger partial charge in [0, 0.05) is 19.0 Å². The third-order valence-corrected chi connectivity index (χ3v) is 4.72. The highest BCUT2D eigenvalue weighted by molar-refractivity contribution is 6.39. The SMILES string of the molecule is CN(CCC(=O)Nc1c(Cl)cccc1Cl)C1CCCNCC1. The largest absolute Gasteiger partial charge is 0.324 e. The van der Waals surface area contributed by atoms with Crippen molar-refractivity contribution in [2.45, 2.75) is 31.7 Å². The summed E-state index contributed by atoms with van der Waals surface area (Å²) in [6.45, 7) is 2.88. The van der Waals surface area contributed by atoms with Crippen molar-refractivity contribution in [3.63, 3.8) is 0 Å². The molecule has 1 aliphatic rings. The van der Waals surface area contributed by atoms with Gasteiger partial charge in [-0.05, 0) is 51.5 Å². The maximum Gasteiger partial charge on any atom is 0.225 e. The molecule has 0 radical (unpaired) electrons. The number of nitrogens with one attached hydrogen (secondary N) is 2. The molecule has 1 atom stereocenters. The van der Waals surface area contributed by atoms with Crippen molar-refractivity contribution in [1.82, 2.24) is 10.2 Å². The number of carbonyl (C=O) groups excluding carboxylic acids is 1. The highest BCUT2D eigenvalue weighted by atomic mass is 35.5. The minimum absolute atomic E-state index is 0.0615. The molecule has 22 heavy (non-hydrogen) atoms. The highest BCUT2D eigenvalue weighted by Gasteiger charge is 2.17. The van der Waals surface area contributed by atoms with Gasteiger partial charge in [-0.3, -0.25) is 4.79 Å². The normalized spacial score (nSPS) is 19.0. The number of para-hydroxylation sites is 1. The van der Waals surface area contributed by atoms with E-state index in [1.807, 2.05) is 0 Å². The lowest BCUT2D eigenvalue weighted by atomic mass is 10.1. The van der Waals surface area contributed by atoms with Gasteiger partial charge >= 0.3 is 0 Å². The zero-order chi connectivity index (χ0) is 15.9. The Morgan fingerprint density at radius 2 is 2.05 bits per heavy atom.